The molecular formula is C9H19IO5Si. The van der Waals surface area contributed by atoms with Crippen LogP contribution in [0, 0.1) is 0 Å². The second kappa shape index (κ2) is 8.40. The topological polar surface area (TPSA) is 54.0 Å². The predicted molar refractivity (Wildman–Crippen MR) is 70.2 cm³/mol. The van der Waals surface area contributed by atoms with Crippen LogP contribution in [0.5, 0.6) is 0 Å². The highest BCUT2D eigenvalue weighted by Gasteiger charge is 2.49. The molecule has 5 nitrogen and oxygen atoms in total. The number of carbonyl (C=O) groups excluding carboxylic acids is 1. The Balaban J connectivity index is 4.64. The van der Waals surface area contributed by atoms with E-state index in [2.05, 4.69) is 0 Å². The summed E-state index contributed by atoms with van der Waals surface area (Å²) in [5.41, 5.74) is 0. The molecule has 0 N–H and O–H groups in total. The van der Waals surface area contributed by atoms with Crippen molar-refractivity contribution in [1.29, 1.82) is 0 Å². The minimum absolute atomic E-state index is 0.258. The van der Waals surface area contributed by atoms with E-state index in [1.807, 2.05) is 22.6 Å². The van der Waals surface area contributed by atoms with Crippen molar-refractivity contribution in [2.45, 2.75) is 31.6 Å². The Labute approximate surface area is 111 Å². The van der Waals surface area contributed by atoms with Crippen molar-refractivity contribution < 1.29 is 22.5 Å². The van der Waals surface area contributed by atoms with E-state index in [1.54, 1.807) is 27.7 Å². The van der Waals surface area contributed by atoms with Gasteiger partial charge in [-0.1, -0.05) is 22.6 Å². The molecule has 0 saturated carbocycles. The molecule has 0 aromatic heterocycles. The lowest BCUT2D eigenvalue weighted by molar-refractivity contribution is -0.143. The summed E-state index contributed by atoms with van der Waals surface area (Å²) in [5, 5.41) is 0. The number of carbonyl (C=O) groups is 1. The number of rotatable bonds is 8. The van der Waals surface area contributed by atoms with Crippen LogP contribution in [0.25, 0.3) is 0 Å². The Morgan fingerprint density at radius 2 is 1.50 bits per heavy atom. The van der Waals surface area contributed by atoms with Gasteiger partial charge in [-0.3, -0.25) is 4.79 Å². The molecule has 0 rings (SSSR count). The lowest BCUT2D eigenvalue weighted by atomic mass is 10.5. The maximum Gasteiger partial charge on any atom is 0.751 e. The van der Waals surface area contributed by atoms with Crippen LogP contribution >= 0.6 is 22.6 Å². The molecule has 0 aliphatic carbocycles. The number of hydrogen-bond donors (Lipinski definition) is 0. The first kappa shape index (κ1) is 16.3. The van der Waals surface area contributed by atoms with E-state index in [1.165, 1.54) is 0 Å². The average Bonchev–Trinajstić information content (AvgIpc) is 2.18. The Morgan fingerprint density at radius 1 is 1.12 bits per heavy atom. The van der Waals surface area contributed by atoms with E-state index in [0.29, 0.717) is 19.8 Å². The maximum absolute atomic E-state index is 11.5. The summed E-state index contributed by atoms with van der Waals surface area (Å²) < 4.78 is 21.1. The van der Waals surface area contributed by atoms with E-state index >= 15 is 0 Å². The van der Waals surface area contributed by atoms with E-state index in [4.69, 9.17) is 17.7 Å². The van der Waals surface area contributed by atoms with Crippen LogP contribution in [-0.2, 0) is 22.5 Å². The van der Waals surface area contributed by atoms with Crippen molar-refractivity contribution in [2.24, 2.45) is 0 Å². The third-order valence-electron chi connectivity index (χ3n) is 1.51. The first-order valence-electron chi connectivity index (χ1n) is 5.30. The summed E-state index contributed by atoms with van der Waals surface area (Å²) in [6.45, 7) is 8.31. The zero-order chi connectivity index (χ0) is 12.6. The normalized spacial score (nSPS) is 13.6. The predicted octanol–water partition coefficient (Wildman–Crippen LogP) is 1.90. The van der Waals surface area contributed by atoms with Gasteiger partial charge in [0, 0.05) is 19.8 Å². The second-order valence-corrected chi connectivity index (χ2v) is 6.77. The van der Waals surface area contributed by atoms with Gasteiger partial charge in [0.05, 0.1) is 0 Å². The molecule has 0 heterocycles. The van der Waals surface area contributed by atoms with Gasteiger partial charge in [0.15, 0.2) is 0 Å². The third kappa shape index (κ3) is 5.57. The first-order valence-corrected chi connectivity index (χ1v) is 8.17. The first-order chi connectivity index (χ1) is 7.51. The largest absolute Gasteiger partial charge is 0.751 e. The molecule has 96 valence electrons. The summed E-state index contributed by atoms with van der Waals surface area (Å²) in [6.07, 6.45) is 0. The minimum Gasteiger partial charge on any atom is -0.451 e. The maximum atomic E-state index is 11.5. The Hall–Kier alpha value is 0.297. The SMILES string of the molecule is CCO[Si](OCC)(OCC)OC(=O)C(C)I. The van der Waals surface area contributed by atoms with Gasteiger partial charge in [0.25, 0.3) is 0 Å². The van der Waals surface area contributed by atoms with Crippen LogP contribution in [0.15, 0.2) is 0 Å². The fourth-order valence-corrected chi connectivity index (χ4v) is 3.23. The lowest BCUT2D eigenvalue weighted by Gasteiger charge is -2.26. The van der Waals surface area contributed by atoms with Gasteiger partial charge in [-0.15, -0.1) is 0 Å². The highest BCUT2D eigenvalue weighted by atomic mass is 127. The minimum atomic E-state index is -3.28. The fourth-order valence-electron chi connectivity index (χ4n) is 0.948. The Kier molecular flexibility index (Phi) is 8.55. The molecule has 0 bridgehead atoms. The number of hydrogen-bond acceptors (Lipinski definition) is 5. The molecule has 7 heteroatoms. The molecule has 0 aromatic rings. The van der Waals surface area contributed by atoms with E-state index < -0.39 is 9.05 Å². The molecule has 0 saturated heterocycles. The second-order valence-electron chi connectivity index (χ2n) is 2.84. The zero-order valence-corrected chi connectivity index (χ0v) is 13.3. The molecule has 1 unspecified atom stereocenters. The third-order valence-corrected chi connectivity index (χ3v) is 4.40. The highest BCUT2D eigenvalue weighted by molar-refractivity contribution is 14.1. The monoisotopic (exact) mass is 362 g/mol. The van der Waals surface area contributed by atoms with Crippen LogP contribution in [0.3, 0.4) is 0 Å². The number of alkyl halides is 1. The van der Waals surface area contributed by atoms with Crippen molar-refractivity contribution in [1.82, 2.24) is 0 Å². The fraction of sp³-hybridized carbons (Fsp3) is 0.889. The molecule has 16 heavy (non-hydrogen) atoms. The summed E-state index contributed by atoms with van der Waals surface area (Å²) in [7, 11) is -3.28. The van der Waals surface area contributed by atoms with Gasteiger partial charge in [-0.2, -0.15) is 0 Å². The van der Waals surface area contributed by atoms with Gasteiger partial charge in [-0.05, 0) is 27.7 Å². The van der Waals surface area contributed by atoms with Gasteiger partial charge in [0.2, 0.25) is 0 Å². The quantitative estimate of drug-likeness (QED) is 0.375. The summed E-state index contributed by atoms with van der Waals surface area (Å²) in [5.74, 6) is -0.373. The van der Waals surface area contributed by atoms with Gasteiger partial charge < -0.3 is 17.7 Å². The lowest BCUT2D eigenvalue weighted by Crippen LogP contribution is -2.51. The van der Waals surface area contributed by atoms with Crippen LogP contribution in [-0.4, -0.2) is 38.8 Å². The van der Waals surface area contributed by atoms with Crippen LogP contribution < -0.4 is 0 Å². The van der Waals surface area contributed by atoms with Gasteiger partial charge in [-0.25, -0.2) is 0 Å². The van der Waals surface area contributed by atoms with E-state index in [-0.39, 0.29) is 9.89 Å². The molecule has 0 fully saturated rings. The average molecular weight is 362 g/mol. The molecule has 1 atom stereocenters. The van der Waals surface area contributed by atoms with Crippen molar-refractivity contribution >= 4 is 37.6 Å². The molecule has 0 aromatic carbocycles. The molecule has 0 aliphatic heterocycles. The van der Waals surface area contributed by atoms with Crippen molar-refractivity contribution in [2.75, 3.05) is 19.8 Å². The van der Waals surface area contributed by atoms with Crippen LogP contribution in [0.4, 0.5) is 0 Å². The van der Waals surface area contributed by atoms with Crippen LogP contribution in [0.2, 0.25) is 0 Å². The highest BCUT2D eigenvalue weighted by Crippen LogP contribution is 2.15. The van der Waals surface area contributed by atoms with Crippen molar-refractivity contribution in [3.63, 3.8) is 0 Å². The van der Waals surface area contributed by atoms with Crippen molar-refractivity contribution in [3.05, 3.63) is 0 Å². The summed E-state index contributed by atoms with van der Waals surface area (Å²) in [6, 6.07) is 0. The number of halogens is 1. The molecule has 0 spiro atoms. The molecule has 0 amide bonds. The standard InChI is InChI=1S/C9H19IO5Si/c1-5-12-16(13-6-2,14-7-3)15-9(11)8(4)10/h8H,5-7H2,1-4H3. The molecule has 0 radical (unpaired) electrons. The smallest absolute Gasteiger partial charge is 0.451 e. The van der Waals surface area contributed by atoms with Crippen molar-refractivity contribution in [3.8, 4) is 0 Å². The van der Waals surface area contributed by atoms with Gasteiger partial charge >= 0.3 is 15.0 Å². The summed E-state index contributed by atoms with van der Waals surface area (Å²) in [4.78, 5) is 11.5. The Morgan fingerprint density at radius 3 is 1.75 bits per heavy atom. The summed E-state index contributed by atoms with van der Waals surface area (Å²) >= 11 is 1.97. The Bertz CT molecular complexity index is 195. The van der Waals surface area contributed by atoms with E-state index in [9.17, 15) is 4.79 Å². The van der Waals surface area contributed by atoms with E-state index in [0.717, 1.165) is 0 Å². The van der Waals surface area contributed by atoms with Crippen LogP contribution in [0.1, 0.15) is 27.7 Å². The molecular weight excluding hydrogens is 343 g/mol. The zero-order valence-electron chi connectivity index (χ0n) is 10.1. The molecule has 0 aliphatic rings. The van der Waals surface area contributed by atoms with Gasteiger partial charge in [0.1, 0.15) is 3.92 Å².